The second kappa shape index (κ2) is 4.60. The third-order valence-corrected chi connectivity index (χ3v) is 3.79. The van der Waals surface area contributed by atoms with E-state index in [0.717, 1.165) is 14.5 Å². The van der Waals surface area contributed by atoms with Crippen LogP contribution in [0.15, 0.2) is 44.0 Å². The highest BCUT2D eigenvalue weighted by molar-refractivity contribution is 9.11. The maximum atomic E-state index is 12.0. The van der Waals surface area contributed by atoms with Gasteiger partial charge in [-0.3, -0.25) is 4.79 Å². The Kier molecular flexibility index (Phi) is 3.38. The lowest BCUT2D eigenvalue weighted by Crippen LogP contribution is -2.00. The van der Waals surface area contributed by atoms with Crippen LogP contribution in [-0.4, -0.2) is 5.78 Å². The normalized spacial score (nSPS) is 10.3. The van der Waals surface area contributed by atoms with Gasteiger partial charge in [-0.1, -0.05) is 15.9 Å². The number of hydrogen-bond donors (Lipinski definition) is 0. The van der Waals surface area contributed by atoms with Crippen molar-refractivity contribution in [3.8, 4) is 0 Å². The summed E-state index contributed by atoms with van der Waals surface area (Å²) in [5.41, 5.74) is 1.43. The first-order chi connectivity index (χ1) is 7.18. The zero-order chi connectivity index (χ0) is 10.8. The molecule has 0 aliphatic carbocycles. The highest BCUT2D eigenvalue weighted by Crippen LogP contribution is 2.24. The van der Waals surface area contributed by atoms with Gasteiger partial charge in [0.05, 0.1) is 0 Å². The summed E-state index contributed by atoms with van der Waals surface area (Å²) in [5, 5.41) is 3.76. The molecule has 76 valence electrons. The van der Waals surface area contributed by atoms with Crippen LogP contribution in [0, 0.1) is 0 Å². The number of rotatable bonds is 2. The van der Waals surface area contributed by atoms with Crippen LogP contribution < -0.4 is 0 Å². The summed E-state index contributed by atoms with van der Waals surface area (Å²) in [6, 6.07) is 7.39. The number of ketones is 1. The molecule has 15 heavy (non-hydrogen) atoms. The molecular weight excluding hydrogens is 340 g/mol. The van der Waals surface area contributed by atoms with Crippen molar-refractivity contribution in [3.63, 3.8) is 0 Å². The molecule has 0 bridgehead atoms. The predicted molar refractivity (Wildman–Crippen MR) is 69.6 cm³/mol. The van der Waals surface area contributed by atoms with Gasteiger partial charge in [0.25, 0.3) is 0 Å². The number of thiophene rings is 1. The van der Waals surface area contributed by atoms with Crippen molar-refractivity contribution >= 4 is 49.0 Å². The first-order valence-corrected chi connectivity index (χ1v) is 6.73. The second-order valence-electron chi connectivity index (χ2n) is 2.97. The maximum absolute atomic E-state index is 12.0. The molecule has 0 aliphatic heterocycles. The van der Waals surface area contributed by atoms with Crippen LogP contribution in [0.5, 0.6) is 0 Å². The number of benzene rings is 1. The largest absolute Gasteiger partial charge is 0.289 e. The lowest BCUT2D eigenvalue weighted by atomic mass is 10.1. The number of carbonyl (C=O) groups is 1. The minimum atomic E-state index is 0.0515. The lowest BCUT2D eigenvalue weighted by molar-refractivity contribution is 0.103. The van der Waals surface area contributed by atoms with Gasteiger partial charge in [0.1, 0.15) is 0 Å². The summed E-state index contributed by atoms with van der Waals surface area (Å²) >= 11 is 8.27. The minimum absolute atomic E-state index is 0.0515. The molecule has 0 aliphatic rings. The van der Waals surface area contributed by atoms with E-state index < -0.39 is 0 Å². The monoisotopic (exact) mass is 344 g/mol. The molecule has 0 amide bonds. The third-order valence-electron chi connectivity index (χ3n) is 1.96. The summed E-state index contributed by atoms with van der Waals surface area (Å²) in [6.07, 6.45) is 0. The van der Waals surface area contributed by atoms with Crippen molar-refractivity contribution in [2.24, 2.45) is 0 Å². The summed E-state index contributed by atoms with van der Waals surface area (Å²) in [7, 11) is 0. The van der Waals surface area contributed by atoms with E-state index in [2.05, 4.69) is 31.9 Å². The van der Waals surface area contributed by atoms with E-state index in [1.165, 1.54) is 11.3 Å². The highest BCUT2D eigenvalue weighted by Gasteiger charge is 2.12. The molecule has 0 fully saturated rings. The highest BCUT2D eigenvalue weighted by atomic mass is 79.9. The van der Waals surface area contributed by atoms with E-state index in [-0.39, 0.29) is 5.78 Å². The molecule has 4 heteroatoms. The molecule has 0 saturated heterocycles. The molecule has 1 aromatic carbocycles. The van der Waals surface area contributed by atoms with Gasteiger partial charge in [-0.25, -0.2) is 0 Å². The first kappa shape index (κ1) is 11.0. The van der Waals surface area contributed by atoms with Crippen molar-refractivity contribution in [2.45, 2.75) is 0 Å². The molecule has 1 nitrogen and oxygen atoms in total. The fraction of sp³-hybridized carbons (Fsp3) is 0. The van der Waals surface area contributed by atoms with E-state index in [0.29, 0.717) is 5.56 Å². The van der Waals surface area contributed by atoms with Crippen LogP contribution in [0.3, 0.4) is 0 Å². The van der Waals surface area contributed by atoms with Gasteiger partial charge in [-0.2, -0.15) is 11.3 Å². The average Bonchev–Trinajstić information content (AvgIpc) is 2.69. The zero-order valence-electron chi connectivity index (χ0n) is 7.54. The van der Waals surface area contributed by atoms with Crippen LogP contribution >= 0.6 is 43.2 Å². The van der Waals surface area contributed by atoms with Gasteiger partial charge in [-0.05, 0) is 45.6 Å². The predicted octanol–water partition coefficient (Wildman–Crippen LogP) is 4.50. The number of hydrogen-bond acceptors (Lipinski definition) is 2. The van der Waals surface area contributed by atoms with Gasteiger partial charge >= 0.3 is 0 Å². The minimum Gasteiger partial charge on any atom is -0.289 e. The Morgan fingerprint density at radius 3 is 2.60 bits per heavy atom. The van der Waals surface area contributed by atoms with E-state index >= 15 is 0 Å². The fourth-order valence-electron chi connectivity index (χ4n) is 1.22. The summed E-state index contributed by atoms with van der Waals surface area (Å²) in [4.78, 5) is 12.0. The number of halogens is 2. The quantitative estimate of drug-likeness (QED) is 0.732. The Labute approximate surface area is 108 Å². The van der Waals surface area contributed by atoms with Crippen molar-refractivity contribution in [2.75, 3.05) is 0 Å². The molecule has 0 N–H and O–H groups in total. The zero-order valence-corrected chi connectivity index (χ0v) is 11.5. The fourth-order valence-corrected chi connectivity index (χ4v) is 3.09. The van der Waals surface area contributed by atoms with E-state index in [1.807, 2.05) is 35.0 Å². The first-order valence-electron chi connectivity index (χ1n) is 4.20. The van der Waals surface area contributed by atoms with Crippen molar-refractivity contribution in [3.05, 3.63) is 55.1 Å². The smallest absolute Gasteiger partial charge is 0.194 e. The molecule has 2 aromatic rings. The van der Waals surface area contributed by atoms with Crippen LogP contribution in [0.2, 0.25) is 0 Å². The molecular formula is C11H6Br2OS. The Morgan fingerprint density at radius 1 is 1.20 bits per heavy atom. The second-order valence-corrected chi connectivity index (χ2v) is 5.52. The molecule has 2 rings (SSSR count). The Bertz CT molecular complexity index is 491. The number of carbonyl (C=O) groups excluding carboxylic acids is 1. The van der Waals surface area contributed by atoms with Gasteiger partial charge in [0, 0.05) is 25.5 Å². The topological polar surface area (TPSA) is 17.1 Å². The Balaban J connectivity index is 2.42. The molecule has 1 heterocycles. The third kappa shape index (κ3) is 2.38. The van der Waals surface area contributed by atoms with E-state index in [1.54, 1.807) is 0 Å². The summed E-state index contributed by atoms with van der Waals surface area (Å²) in [5.74, 6) is 0.0515. The summed E-state index contributed by atoms with van der Waals surface area (Å²) < 4.78 is 1.77. The molecule has 0 saturated carbocycles. The Hall–Kier alpha value is -0.450. The molecule has 0 radical (unpaired) electrons. The van der Waals surface area contributed by atoms with Crippen LogP contribution in [0.1, 0.15) is 15.9 Å². The average molecular weight is 346 g/mol. The Morgan fingerprint density at radius 2 is 2.00 bits per heavy atom. The van der Waals surface area contributed by atoms with E-state index in [9.17, 15) is 4.79 Å². The van der Waals surface area contributed by atoms with Crippen LogP contribution in [-0.2, 0) is 0 Å². The van der Waals surface area contributed by atoms with Gasteiger partial charge < -0.3 is 0 Å². The molecule has 0 unspecified atom stereocenters. The summed E-state index contributed by atoms with van der Waals surface area (Å²) in [6.45, 7) is 0. The SMILES string of the molecule is O=C(c1ccsc1)c1ccc(Br)cc1Br. The molecule has 1 aromatic heterocycles. The lowest BCUT2D eigenvalue weighted by Gasteiger charge is -2.02. The van der Waals surface area contributed by atoms with Crippen molar-refractivity contribution in [1.29, 1.82) is 0 Å². The van der Waals surface area contributed by atoms with Crippen LogP contribution in [0.25, 0.3) is 0 Å². The van der Waals surface area contributed by atoms with Crippen molar-refractivity contribution < 1.29 is 4.79 Å². The van der Waals surface area contributed by atoms with Gasteiger partial charge in [-0.15, -0.1) is 0 Å². The maximum Gasteiger partial charge on any atom is 0.194 e. The molecule has 0 spiro atoms. The van der Waals surface area contributed by atoms with Gasteiger partial charge in [0.2, 0.25) is 0 Å². The van der Waals surface area contributed by atoms with E-state index in [4.69, 9.17) is 0 Å². The van der Waals surface area contributed by atoms with Gasteiger partial charge in [0.15, 0.2) is 5.78 Å². The molecule has 0 atom stereocenters. The van der Waals surface area contributed by atoms with Crippen LogP contribution in [0.4, 0.5) is 0 Å². The standard InChI is InChI=1S/C11H6Br2OS/c12-8-1-2-9(10(13)5-8)11(14)7-3-4-15-6-7/h1-6H. The van der Waals surface area contributed by atoms with Crippen molar-refractivity contribution in [1.82, 2.24) is 0 Å².